The van der Waals surface area contributed by atoms with Crippen LogP contribution in [0.2, 0.25) is 0 Å². The van der Waals surface area contributed by atoms with Gasteiger partial charge in [-0.15, -0.1) is 5.92 Å². The number of aryl methyl sites for hydroxylation is 1. The molecule has 0 aliphatic carbocycles. The second kappa shape index (κ2) is 6.78. The van der Waals surface area contributed by atoms with Gasteiger partial charge >= 0.3 is 5.69 Å². The molecule has 2 heterocycles. The highest BCUT2D eigenvalue weighted by Crippen LogP contribution is 2.20. The first-order chi connectivity index (χ1) is 10.9. The summed E-state index contributed by atoms with van der Waals surface area (Å²) in [5.74, 6) is 5.58. The first kappa shape index (κ1) is 17.0. The number of fused-ring (bicyclic) bond motifs is 1. The molecule has 0 amide bonds. The molecule has 0 aliphatic rings. The van der Waals surface area contributed by atoms with Crippen LogP contribution in [0.3, 0.4) is 0 Å². The van der Waals surface area contributed by atoms with Crippen molar-refractivity contribution in [1.29, 1.82) is 0 Å². The Bertz CT molecular complexity index is 883. The third-order valence-electron chi connectivity index (χ3n) is 3.49. The first-order valence-electron chi connectivity index (χ1n) is 7.02. The molecule has 2 aromatic heterocycles. The fourth-order valence-electron chi connectivity index (χ4n) is 2.29. The summed E-state index contributed by atoms with van der Waals surface area (Å²) in [4.78, 5) is 30.2. The van der Waals surface area contributed by atoms with Crippen LogP contribution < -0.4 is 16.6 Å². The van der Waals surface area contributed by atoms with Gasteiger partial charge in [-0.1, -0.05) is 5.92 Å². The van der Waals surface area contributed by atoms with E-state index in [0.717, 1.165) is 0 Å². The van der Waals surface area contributed by atoms with E-state index >= 15 is 0 Å². The normalized spacial score (nSPS) is 13.6. The number of nitrogens with one attached hydrogen (secondary N) is 2. The number of aromatic nitrogens is 4. The summed E-state index contributed by atoms with van der Waals surface area (Å²) in [6, 6.07) is 0. The fourth-order valence-corrected chi connectivity index (χ4v) is 2.29. The third kappa shape index (κ3) is 3.05. The molecule has 0 bridgehead atoms. The molecule has 2 unspecified atom stereocenters. The van der Waals surface area contributed by atoms with Crippen molar-refractivity contribution < 1.29 is 10.2 Å². The zero-order chi connectivity index (χ0) is 17.1. The van der Waals surface area contributed by atoms with E-state index in [1.165, 1.54) is 16.2 Å². The molecule has 0 aromatic carbocycles. The van der Waals surface area contributed by atoms with Gasteiger partial charge in [-0.05, 0) is 14.0 Å². The number of hydrogen-bond acceptors (Lipinski definition) is 6. The Balaban J connectivity index is 2.74. The molecule has 0 saturated heterocycles. The van der Waals surface area contributed by atoms with Gasteiger partial charge in [0.2, 0.25) is 0 Å². The van der Waals surface area contributed by atoms with E-state index in [2.05, 4.69) is 27.1 Å². The molecule has 9 heteroatoms. The van der Waals surface area contributed by atoms with Crippen molar-refractivity contribution in [1.82, 2.24) is 24.4 Å². The molecule has 4 N–H and O–H groups in total. The first-order valence-corrected chi connectivity index (χ1v) is 7.02. The van der Waals surface area contributed by atoms with E-state index in [1.807, 2.05) is 0 Å². The number of imidazole rings is 1. The van der Waals surface area contributed by atoms with Gasteiger partial charge in [-0.2, -0.15) is 0 Å². The third-order valence-corrected chi connectivity index (χ3v) is 3.49. The van der Waals surface area contributed by atoms with Crippen molar-refractivity contribution in [3.05, 3.63) is 26.7 Å². The summed E-state index contributed by atoms with van der Waals surface area (Å²) >= 11 is 0. The Labute approximate surface area is 131 Å². The molecule has 0 spiro atoms. The van der Waals surface area contributed by atoms with Crippen LogP contribution in [0.5, 0.6) is 0 Å². The number of rotatable bonds is 5. The van der Waals surface area contributed by atoms with Crippen LogP contribution in [0, 0.1) is 11.8 Å². The SMILES string of the molecule is CC#CCn1c(C(O)C(O)CNC)nc2c1c(=O)[nH]c(=O)n2C. The van der Waals surface area contributed by atoms with E-state index in [0.29, 0.717) is 0 Å². The summed E-state index contributed by atoms with van der Waals surface area (Å²) in [6.07, 6.45) is -2.45. The Morgan fingerprint density at radius 2 is 2.09 bits per heavy atom. The molecule has 0 fully saturated rings. The predicted molar refractivity (Wildman–Crippen MR) is 83.9 cm³/mol. The Kier molecular flexibility index (Phi) is 5.00. The van der Waals surface area contributed by atoms with Crippen molar-refractivity contribution in [2.45, 2.75) is 25.7 Å². The monoisotopic (exact) mass is 321 g/mol. The van der Waals surface area contributed by atoms with Crippen LogP contribution >= 0.6 is 0 Å². The number of likely N-dealkylation sites (N-methyl/N-ethyl adjacent to an activating group) is 1. The van der Waals surface area contributed by atoms with Crippen molar-refractivity contribution >= 4 is 11.2 Å². The lowest BCUT2D eigenvalue weighted by molar-refractivity contribution is 0.0134. The zero-order valence-electron chi connectivity index (χ0n) is 13.1. The quantitative estimate of drug-likeness (QED) is 0.475. The highest BCUT2D eigenvalue weighted by Gasteiger charge is 2.26. The minimum Gasteiger partial charge on any atom is -0.389 e. The number of H-pyrrole nitrogens is 1. The summed E-state index contributed by atoms with van der Waals surface area (Å²) in [5.41, 5.74) is -0.969. The van der Waals surface area contributed by atoms with Crippen molar-refractivity contribution in [2.75, 3.05) is 13.6 Å². The number of aromatic amines is 1. The van der Waals surface area contributed by atoms with Gasteiger partial charge in [-0.25, -0.2) is 9.78 Å². The van der Waals surface area contributed by atoms with E-state index in [-0.39, 0.29) is 30.1 Å². The van der Waals surface area contributed by atoms with Gasteiger partial charge in [0, 0.05) is 13.6 Å². The van der Waals surface area contributed by atoms with E-state index in [4.69, 9.17) is 0 Å². The average molecular weight is 321 g/mol. The van der Waals surface area contributed by atoms with Crippen molar-refractivity contribution in [3.8, 4) is 11.8 Å². The predicted octanol–water partition coefficient (Wildman–Crippen LogP) is -1.94. The van der Waals surface area contributed by atoms with E-state index < -0.39 is 23.5 Å². The van der Waals surface area contributed by atoms with E-state index in [9.17, 15) is 19.8 Å². The minimum absolute atomic E-state index is 0.0807. The van der Waals surface area contributed by atoms with Gasteiger partial charge < -0.3 is 20.1 Å². The van der Waals surface area contributed by atoms with Crippen LogP contribution in [0.25, 0.3) is 11.2 Å². The van der Waals surface area contributed by atoms with Gasteiger partial charge in [-0.3, -0.25) is 14.3 Å². The molecule has 124 valence electrons. The Morgan fingerprint density at radius 1 is 1.39 bits per heavy atom. The highest BCUT2D eigenvalue weighted by molar-refractivity contribution is 5.71. The Hall–Kier alpha value is -2.41. The minimum atomic E-state index is -1.33. The van der Waals surface area contributed by atoms with Crippen LogP contribution in [0.1, 0.15) is 18.9 Å². The molecule has 23 heavy (non-hydrogen) atoms. The molecule has 0 aliphatic heterocycles. The smallest absolute Gasteiger partial charge is 0.329 e. The van der Waals surface area contributed by atoms with Crippen molar-refractivity contribution in [2.24, 2.45) is 7.05 Å². The van der Waals surface area contributed by atoms with Gasteiger partial charge in [0.1, 0.15) is 11.9 Å². The van der Waals surface area contributed by atoms with Crippen LogP contribution in [-0.4, -0.2) is 49.0 Å². The summed E-state index contributed by atoms with van der Waals surface area (Å²) in [7, 11) is 3.10. The Morgan fingerprint density at radius 3 is 2.70 bits per heavy atom. The van der Waals surface area contributed by atoms with Gasteiger partial charge in [0.25, 0.3) is 5.56 Å². The molecule has 0 radical (unpaired) electrons. The molecule has 2 atom stereocenters. The lowest BCUT2D eigenvalue weighted by Gasteiger charge is -2.17. The number of aliphatic hydroxyl groups is 2. The maximum atomic E-state index is 12.1. The molecular weight excluding hydrogens is 302 g/mol. The number of nitrogens with zero attached hydrogens (tertiary/aromatic N) is 3. The summed E-state index contributed by atoms with van der Waals surface area (Å²) < 4.78 is 2.58. The van der Waals surface area contributed by atoms with Gasteiger partial charge in [0.15, 0.2) is 11.2 Å². The van der Waals surface area contributed by atoms with Crippen LogP contribution in [-0.2, 0) is 13.6 Å². The van der Waals surface area contributed by atoms with Crippen LogP contribution in [0.15, 0.2) is 9.59 Å². The summed E-state index contributed by atoms with van der Waals surface area (Å²) in [5, 5.41) is 23.1. The molecular formula is C14H19N5O4. The van der Waals surface area contributed by atoms with Crippen molar-refractivity contribution in [3.63, 3.8) is 0 Å². The van der Waals surface area contributed by atoms with E-state index in [1.54, 1.807) is 14.0 Å². The fraction of sp³-hybridized carbons (Fsp3) is 0.500. The number of aliphatic hydroxyl groups excluding tert-OH is 2. The van der Waals surface area contributed by atoms with Crippen LogP contribution in [0.4, 0.5) is 0 Å². The number of hydrogen-bond donors (Lipinski definition) is 4. The summed E-state index contributed by atoms with van der Waals surface area (Å²) in [6.45, 7) is 1.89. The molecule has 9 nitrogen and oxygen atoms in total. The maximum absolute atomic E-state index is 12.1. The second-order valence-corrected chi connectivity index (χ2v) is 5.04. The lowest BCUT2D eigenvalue weighted by atomic mass is 10.2. The standard InChI is InChI=1S/C14H19N5O4/c1-4-5-6-19-9-11(18(3)14(23)17-13(9)22)16-12(19)10(21)8(20)7-15-2/h8,10,15,20-21H,6-7H2,1-3H3,(H,17,22,23). The largest absolute Gasteiger partial charge is 0.389 e. The average Bonchev–Trinajstić information content (AvgIpc) is 2.90. The topological polar surface area (TPSA) is 125 Å². The molecule has 2 rings (SSSR count). The molecule has 2 aromatic rings. The maximum Gasteiger partial charge on any atom is 0.329 e. The lowest BCUT2D eigenvalue weighted by Crippen LogP contribution is -2.31. The molecule has 0 saturated carbocycles. The highest BCUT2D eigenvalue weighted by atomic mass is 16.3. The zero-order valence-corrected chi connectivity index (χ0v) is 13.1. The second-order valence-electron chi connectivity index (χ2n) is 5.04. The van der Waals surface area contributed by atoms with Gasteiger partial charge in [0.05, 0.1) is 12.6 Å².